The summed E-state index contributed by atoms with van der Waals surface area (Å²) in [5.41, 5.74) is 0.582. The minimum atomic E-state index is -0.785. The highest BCUT2D eigenvalue weighted by Gasteiger charge is 2.34. The van der Waals surface area contributed by atoms with Crippen LogP contribution in [0.15, 0.2) is 12.1 Å². The first-order chi connectivity index (χ1) is 7.65. The predicted octanol–water partition coefficient (Wildman–Crippen LogP) is 2.93. The molecule has 0 saturated carbocycles. The summed E-state index contributed by atoms with van der Waals surface area (Å²) >= 11 is 0. The molecule has 4 heteroatoms. The van der Waals surface area contributed by atoms with Crippen molar-refractivity contribution in [1.82, 2.24) is 0 Å². The number of aromatic hydroxyl groups is 1. The van der Waals surface area contributed by atoms with Gasteiger partial charge in [-0.15, -0.1) is 0 Å². The van der Waals surface area contributed by atoms with E-state index in [1.54, 1.807) is 0 Å². The van der Waals surface area contributed by atoms with Crippen LogP contribution in [0.5, 0.6) is 5.75 Å². The van der Waals surface area contributed by atoms with Crippen molar-refractivity contribution < 1.29 is 19.0 Å². The minimum Gasteiger partial charge on any atom is -0.504 e. The van der Waals surface area contributed by atoms with E-state index in [1.807, 2.05) is 6.92 Å². The zero-order valence-corrected chi connectivity index (χ0v) is 9.00. The molecule has 0 saturated heterocycles. The highest BCUT2D eigenvalue weighted by molar-refractivity contribution is 5.96. The molecule has 0 amide bonds. The summed E-state index contributed by atoms with van der Waals surface area (Å²) in [6.45, 7) is 2.04. The Morgan fingerprint density at radius 3 is 2.94 bits per heavy atom. The second-order valence-electron chi connectivity index (χ2n) is 3.90. The summed E-state index contributed by atoms with van der Waals surface area (Å²) in [6.07, 6.45) is 2.29. The standard InChI is InChI=1S/C12H13FO3/c1-2-3-4-9-7-5-6-8(13)11(14)10(7)12(15)16-9/h5-6,9,14H,2-4H2,1H3. The van der Waals surface area contributed by atoms with E-state index in [0.717, 1.165) is 18.9 Å². The second kappa shape index (κ2) is 4.12. The molecule has 1 aliphatic heterocycles. The van der Waals surface area contributed by atoms with Crippen LogP contribution in [0, 0.1) is 5.82 Å². The Hall–Kier alpha value is -1.58. The monoisotopic (exact) mass is 224 g/mol. The van der Waals surface area contributed by atoms with E-state index in [0.29, 0.717) is 12.0 Å². The summed E-state index contributed by atoms with van der Waals surface area (Å²) in [4.78, 5) is 11.5. The van der Waals surface area contributed by atoms with Gasteiger partial charge in [0.05, 0.1) is 0 Å². The Morgan fingerprint density at radius 1 is 1.50 bits per heavy atom. The fourth-order valence-corrected chi connectivity index (χ4v) is 1.92. The molecule has 0 aliphatic carbocycles. The van der Waals surface area contributed by atoms with Crippen LogP contribution < -0.4 is 0 Å². The number of hydrogen-bond acceptors (Lipinski definition) is 3. The SMILES string of the molecule is CCCCC1OC(=O)c2c1ccc(F)c2O. The number of ether oxygens (including phenoxy) is 1. The number of hydrogen-bond donors (Lipinski definition) is 1. The predicted molar refractivity (Wildman–Crippen MR) is 55.7 cm³/mol. The number of halogens is 1. The van der Waals surface area contributed by atoms with Crippen LogP contribution in [0.3, 0.4) is 0 Å². The number of carbonyl (C=O) groups excluding carboxylic acids is 1. The van der Waals surface area contributed by atoms with Crippen LogP contribution in [0.1, 0.15) is 48.2 Å². The van der Waals surface area contributed by atoms with Crippen LogP contribution in [0.25, 0.3) is 0 Å². The van der Waals surface area contributed by atoms with E-state index in [9.17, 15) is 14.3 Å². The van der Waals surface area contributed by atoms with E-state index in [-0.39, 0.29) is 11.7 Å². The van der Waals surface area contributed by atoms with Gasteiger partial charge in [0.15, 0.2) is 11.6 Å². The number of benzene rings is 1. The quantitative estimate of drug-likeness (QED) is 0.803. The van der Waals surface area contributed by atoms with E-state index in [4.69, 9.17) is 4.74 Å². The fourth-order valence-electron chi connectivity index (χ4n) is 1.92. The molecule has 1 unspecified atom stereocenters. The third kappa shape index (κ3) is 1.64. The molecular weight excluding hydrogens is 211 g/mol. The van der Waals surface area contributed by atoms with Gasteiger partial charge in [-0.2, -0.15) is 0 Å². The normalized spacial score (nSPS) is 18.4. The molecule has 0 aromatic heterocycles. The van der Waals surface area contributed by atoms with Crippen molar-refractivity contribution in [2.75, 3.05) is 0 Å². The smallest absolute Gasteiger partial charge is 0.343 e. The Morgan fingerprint density at radius 2 is 2.25 bits per heavy atom. The molecule has 1 aliphatic rings. The molecule has 1 aromatic carbocycles. The van der Waals surface area contributed by atoms with Crippen LogP contribution in [0.2, 0.25) is 0 Å². The molecule has 0 spiro atoms. The number of unbranched alkanes of at least 4 members (excludes halogenated alkanes) is 1. The molecule has 0 bridgehead atoms. The van der Waals surface area contributed by atoms with Crippen molar-refractivity contribution in [1.29, 1.82) is 0 Å². The molecule has 1 atom stereocenters. The van der Waals surface area contributed by atoms with Crippen molar-refractivity contribution in [2.24, 2.45) is 0 Å². The lowest BCUT2D eigenvalue weighted by Gasteiger charge is -2.09. The lowest BCUT2D eigenvalue weighted by molar-refractivity contribution is 0.0362. The Balaban J connectivity index is 2.36. The number of cyclic esters (lactones) is 1. The van der Waals surface area contributed by atoms with Gasteiger partial charge in [0.1, 0.15) is 11.7 Å². The Labute approximate surface area is 92.9 Å². The van der Waals surface area contributed by atoms with E-state index in [2.05, 4.69) is 0 Å². The van der Waals surface area contributed by atoms with E-state index < -0.39 is 17.5 Å². The van der Waals surface area contributed by atoms with Crippen molar-refractivity contribution >= 4 is 5.97 Å². The highest BCUT2D eigenvalue weighted by Crippen LogP contribution is 2.39. The molecule has 0 fully saturated rings. The van der Waals surface area contributed by atoms with Crippen LogP contribution >= 0.6 is 0 Å². The maximum atomic E-state index is 13.1. The van der Waals surface area contributed by atoms with Crippen molar-refractivity contribution in [3.05, 3.63) is 29.1 Å². The maximum absolute atomic E-state index is 13.1. The van der Waals surface area contributed by atoms with Crippen LogP contribution in [0.4, 0.5) is 4.39 Å². The summed E-state index contributed by atoms with van der Waals surface area (Å²) in [7, 11) is 0. The molecule has 3 nitrogen and oxygen atoms in total. The second-order valence-corrected chi connectivity index (χ2v) is 3.90. The van der Waals surface area contributed by atoms with Gasteiger partial charge in [0.2, 0.25) is 0 Å². The van der Waals surface area contributed by atoms with E-state index >= 15 is 0 Å². The highest BCUT2D eigenvalue weighted by atomic mass is 19.1. The van der Waals surface area contributed by atoms with Gasteiger partial charge in [-0.3, -0.25) is 0 Å². The average Bonchev–Trinajstić information content (AvgIpc) is 2.58. The maximum Gasteiger partial charge on any atom is 0.343 e. The number of fused-ring (bicyclic) bond motifs is 1. The van der Waals surface area contributed by atoms with Crippen molar-refractivity contribution in [3.8, 4) is 5.75 Å². The molecule has 1 N–H and O–H groups in total. The van der Waals surface area contributed by atoms with Gasteiger partial charge in [0.25, 0.3) is 0 Å². The zero-order chi connectivity index (χ0) is 11.7. The lowest BCUT2D eigenvalue weighted by atomic mass is 10.0. The average molecular weight is 224 g/mol. The molecule has 1 aromatic rings. The van der Waals surface area contributed by atoms with Crippen LogP contribution in [-0.4, -0.2) is 11.1 Å². The molecule has 16 heavy (non-hydrogen) atoms. The summed E-state index contributed by atoms with van der Waals surface area (Å²) in [5, 5.41) is 9.46. The summed E-state index contributed by atoms with van der Waals surface area (Å²) in [5.74, 6) is -2.01. The third-order valence-electron chi connectivity index (χ3n) is 2.78. The number of phenols is 1. The van der Waals surface area contributed by atoms with Gasteiger partial charge in [-0.25, -0.2) is 9.18 Å². The first-order valence-electron chi connectivity index (χ1n) is 5.37. The minimum absolute atomic E-state index is 0.0129. The summed E-state index contributed by atoms with van der Waals surface area (Å²) in [6, 6.07) is 2.67. The van der Waals surface area contributed by atoms with Crippen molar-refractivity contribution in [3.63, 3.8) is 0 Å². The first-order valence-corrected chi connectivity index (χ1v) is 5.37. The number of phenolic OH excluding ortho intramolecular Hbond substituents is 1. The Kier molecular flexibility index (Phi) is 2.81. The molecule has 86 valence electrons. The Bertz CT molecular complexity index is 429. The topological polar surface area (TPSA) is 46.5 Å². The van der Waals surface area contributed by atoms with Gasteiger partial charge in [-0.05, 0) is 18.9 Å². The van der Waals surface area contributed by atoms with Gasteiger partial charge in [0, 0.05) is 5.56 Å². The fraction of sp³-hybridized carbons (Fsp3) is 0.417. The first kappa shape index (κ1) is 10.9. The lowest BCUT2D eigenvalue weighted by Crippen LogP contribution is -1.98. The number of rotatable bonds is 3. The number of carbonyl (C=O) groups is 1. The third-order valence-corrected chi connectivity index (χ3v) is 2.78. The van der Waals surface area contributed by atoms with Gasteiger partial charge < -0.3 is 9.84 Å². The molecular formula is C12H13FO3. The van der Waals surface area contributed by atoms with E-state index in [1.165, 1.54) is 6.07 Å². The largest absolute Gasteiger partial charge is 0.504 e. The van der Waals surface area contributed by atoms with Gasteiger partial charge in [-0.1, -0.05) is 19.4 Å². The van der Waals surface area contributed by atoms with Gasteiger partial charge >= 0.3 is 5.97 Å². The molecule has 1 heterocycles. The summed E-state index contributed by atoms with van der Waals surface area (Å²) < 4.78 is 18.2. The molecule has 2 rings (SSSR count). The van der Waals surface area contributed by atoms with Crippen molar-refractivity contribution in [2.45, 2.75) is 32.3 Å². The number of esters is 1. The zero-order valence-electron chi connectivity index (χ0n) is 9.00. The van der Waals surface area contributed by atoms with Crippen LogP contribution in [-0.2, 0) is 4.74 Å². The molecule has 0 radical (unpaired) electrons.